The van der Waals surface area contributed by atoms with E-state index in [2.05, 4.69) is 46.4 Å². The molecular formula is C8H12IN3. The maximum Gasteiger partial charge on any atom is 0.225 e. The number of rotatable bonds is 2. The van der Waals surface area contributed by atoms with E-state index in [-0.39, 0.29) is 0 Å². The lowest BCUT2D eigenvalue weighted by molar-refractivity contribution is 0.728. The van der Waals surface area contributed by atoms with Crippen molar-refractivity contribution < 1.29 is 0 Å². The van der Waals surface area contributed by atoms with Crippen LogP contribution in [0.3, 0.4) is 0 Å². The summed E-state index contributed by atoms with van der Waals surface area (Å²) in [5.41, 5.74) is 0. The average molecular weight is 277 g/mol. The molecular weight excluding hydrogens is 265 g/mol. The number of nitrogens with zero attached hydrogens (tertiary/aromatic N) is 3. The monoisotopic (exact) mass is 277 g/mol. The molecule has 0 bridgehead atoms. The lowest BCUT2D eigenvalue weighted by Gasteiger charge is -2.20. The summed E-state index contributed by atoms with van der Waals surface area (Å²) in [5, 5.41) is 0. The number of anilines is 1. The SMILES string of the molecule is CC(C)N(C)c1ncc(I)cn1. The predicted molar refractivity (Wildman–Crippen MR) is 58.3 cm³/mol. The van der Waals surface area contributed by atoms with E-state index in [1.807, 2.05) is 24.3 Å². The van der Waals surface area contributed by atoms with Crippen LogP contribution in [0.15, 0.2) is 12.4 Å². The van der Waals surface area contributed by atoms with Crippen molar-refractivity contribution in [3.8, 4) is 0 Å². The smallest absolute Gasteiger partial charge is 0.225 e. The lowest BCUT2D eigenvalue weighted by Crippen LogP contribution is -2.27. The zero-order chi connectivity index (χ0) is 9.14. The Labute approximate surface area is 86.4 Å². The van der Waals surface area contributed by atoms with Gasteiger partial charge in [0, 0.05) is 29.1 Å². The molecule has 12 heavy (non-hydrogen) atoms. The second-order valence-corrected chi connectivity index (χ2v) is 4.15. The molecule has 66 valence electrons. The van der Waals surface area contributed by atoms with Crippen molar-refractivity contribution in [3.05, 3.63) is 16.0 Å². The third kappa shape index (κ3) is 2.30. The zero-order valence-corrected chi connectivity index (χ0v) is 9.61. The van der Waals surface area contributed by atoms with E-state index >= 15 is 0 Å². The van der Waals surface area contributed by atoms with Crippen LogP contribution in [0.1, 0.15) is 13.8 Å². The molecule has 0 aliphatic rings. The Bertz CT molecular complexity index is 245. The zero-order valence-electron chi connectivity index (χ0n) is 7.45. The lowest BCUT2D eigenvalue weighted by atomic mass is 10.4. The molecule has 1 heterocycles. The fourth-order valence-corrected chi connectivity index (χ4v) is 0.997. The van der Waals surface area contributed by atoms with Gasteiger partial charge in [0.05, 0.1) is 0 Å². The second kappa shape index (κ2) is 4.02. The normalized spacial score (nSPS) is 10.4. The Morgan fingerprint density at radius 3 is 2.25 bits per heavy atom. The highest BCUT2D eigenvalue weighted by Gasteiger charge is 2.06. The molecule has 0 saturated carbocycles. The molecule has 0 aromatic carbocycles. The first-order valence-corrected chi connectivity index (χ1v) is 4.89. The van der Waals surface area contributed by atoms with Gasteiger partial charge in [-0.25, -0.2) is 9.97 Å². The summed E-state index contributed by atoms with van der Waals surface area (Å²) < 4.78 is 1.06. The van der Waals surface area contributed by atoms with Crippen LogP contribution < -0.4 is 4.90 Å². The molecule has 3 nitrogen and oxygen atoms in total. The summed E-state index contributed by atoms with van der Waals surface area (Å²) in [5.74, 6) is 0.783. The van der Waals surface area contributed by atoms with Crippen LogP contribution in [0.4, 0.5) is 5.95 Å². The van der Waals surface area contributed by atoms with Crippen molar-refractivity contribution in [3.63, 3.8) is 0 Å². The minimum Gasteiger partial charge on any atom is -0.341 e. The van der Waals surface area contributed by atoms with Gasteiger partial charge in [0.1, 0.15) is 0 Å². The van der Waals surface area contributed by atoms with Gasteiger partial charge >= 0.3 is 0 Å². The summed E-state index contributed by atoms with van der Waals surface area (Å²) in [6, 6.07) is 0.435. The van der Waals surface area contributed by atoms with Gasteiger partial charge in [-0.2, -0.15) is 0 Å². The van der Waals surface area contributed by atoms with Gasteiger partial charge in [-0.1, -0.05) is 0 Å². The first-order chi connectivity index (χ1) is 5.61. The van der Waals surface area contributed by atoms with Crippen LogP contribution in [0, 0.1) is 3.57 Å². The fourth-order valence-electron chi connectivity index (χ4n) is 0.719. The van der Waals surface area contributed by atoms with Crippen LogP contribution in [0.25, 0.3) is 0 Å². The van der Waals surface area contributed by atoms with Gasteiger partial charge in [-0.05, 0) is 36.4 Å². The van der Waals surface area contributed by atoms with E-state index in [1.165, 1.54) is 0 Å². The topological polar surface area (TPSA) is 29.0 Å². The van der Waals surface area contributed by atoms with Crippen LogP contribution in [0.5, 0.6) is 0 Å². The Morgan fingerprint density at radius 1 is 1.33 bits per heavy atom. The molecule has 0 spiro atoms. The summed E-state index contributed by atoms with van der Waals surface area (Å²) >= 11 is 2.19. The number of hydrogen-bond acceptors (Lipinski definition) is 3. The maximum absolute atomic E-state index is 4.21. The molecule has 0 radical (unpaired) electrons. The molecule has 1 rings (SSSR count). The minimum absolute atomic E-state index is 0.435. The molecule has 0 saturated heterocycles. The maximum atomic E-state index is 4.21. The Morgan fingerprint density at radius 2 is 1.83 bits per heavy atom. The highest BCUT2D eigenvalue weighted by atomic mass is 127. The van der Waals surface area contributed by atoms with Gasteiger partial charge in [0.25, 0.3) is 0 Å². The molecule has 0 unspecified atom stereocenters. The van der Waals surface area contributed by atoms with Crippen molar-refractivity contribution >= 4 is 28.5 Å². The highest BCUT2D eigenvalue weighted by molar-refractivity contribution is 14.1. The average Bonchev–Trinajstić information content (AvgIpc) is 2.04. The van der Waals surface area contributed by atoms with Gasteiger partial charge in [0.15, 0.2) is 0 Å². The quantitative estimate of drug-likeness (QED) is 0.773. The third-order valence-corrected chi connectivity index (χ3v) is 2.25. The van der Waals surface area contributed by atoms with Crippen molar-refractivity contribution in [2.75, 3.05) is 11.9 Å². The van der Waals surface area contributed by atoms with Crippen LogP contribution in [-0.4, -0.2) is 23.1 Å². The number of halogens is 1. The second-order valence-electron chi connectivity index (χ2n) is 2.91. The van der Waals surface area contributed by atoms with Gasteiger partial charge in [0.2, 0.25) is 5.95 Å². The summed E-state index contributed by atoms with van der Waals surface area (Å²) in [6.07, 6.45) is 3.64. The van der Waals surface area contributed by atoms with Crippen molar-refractivity contribution in [2.24, 2.45) is 0 Å². The van der Waals surface area contributed by atoms with E-state index in [1.54, 1.807) is 0 Å². The molecule has 0 atom stereocenters. The molecule has 0 amide bonds. The van der Waals surface area contributed by atoms with E-state index in [4.69, 9.17) is 0 Å². The van der Waals surface area contributed by atoms with Gasteiger partial charge < -0.3 is 4.90 Å². The Balaban J connectivity index is 2.82. The Hall–Kier alpha value is -0.390. The van der Waals surface area contributed by atoms with Crippen molar-refractivity contribution in [1.29, 1.82) is 0 Å². The first kappa shape index (κ1) is 9.70. The highest BCUT2D eigenvalue weighted by Crippen LogP contribution is 2.08. The fraction of sp³-hybridized carbons (Fsp3) is 0.500. The largest absolute Gasteiger partial charge is 0.341 e. The van der Waals surface area contributed by atoms with E-state index in [0.29, 0.717) is 6.04 Å². The summed E-state index contributed by atoms with van der Waals surface area (Å²) in [7, 11) is 1.99. The van der Waals surface area contributed by atoms with Crippen LogP contribution >= 0.6 is 22.6 Å². The van der Waals surface area contributed by atoms with Crippen LogP contribution in [0.2, 0.25) is 0 Å². The van der Waals surface area contributed by atoms with Gasteiger partial charge in [-0.15, -0.1) is 0 Å². The first-order valence-electron chi connectivity index (χ1n) is 3.81. The van der Waals surface area contributed by atoms with Crippen LogP contribution in [-0.2, 0) is 0 Å². The van der Waals surface area contributed by atoms with Gasteiger partial charge in [-0.3, -0.25) is 0 Å². The molecule has 0 aliphatic carbocycles. The number of hydrogen-bond donors (Lipinski definition) is 0. The van der Waals surface area contributed by atoms with Crippen molar-refractivity contribution in [2.45, 2.75) is 19.9 Å². The number of aromatic nitrogens is 2. The molecule has 1 aromatic heterocycles. The molecule has 0 fully saturated rings. The molecule has 4 heteroatoms. The van der Waals surface area contributed by atoms with E-state index in [9.17, 15) is 0 Å². The van der Waals surface area contributed by atoms with E-state index < -0.39 is 0 Å². The Kier molecular flexibility index (Phi) is 3.25. The third-order valence-electron chi connectivity index (χ3n) is 1.70. The summed E-state index contributed by atoms with van der Waals surface area (Å²) in [4.78, 5) is 10.5. The van der Waals surface area contributed by atoms with E-state index in [0.717, 1.165) is 9.52 Å². The predicted octanol–water partition coefficient (Wildman–Crippen LogP) is 1.93. The standard InChI is InChI=1S/C8H12IN3/c1-6(2)12(3)8-10-4-7(9)5-11-8/h4-6H,1-3H3. The molecule has 0 N–H and O–H groups in total. The minimum atomic E-state index is 0.435. The molecule has 1 aromatic rings. The van der Waals surface area contributed by atoms with Crippen molar-refractivity contribution in [1.82, 2.24) is 9.97 Å². The molecule has 0 aliphatic heterocycles. The summed E-state index contributed by atoms with van der Waals surface area (Å²) in [6.45, 7) is 4.22.